The normalized spacial score (nSPS) is 12.2. The van der Waals surface area contributed by atoms with Crippen LogP contribution in [-0.2, 0) is 32.6 Å². The lowest BCUT2D eigenvalue weighted by atomic mass is 10.0. The second kappa shape index (κ2) is 16.0. The van der Waals surface area contributed by atoms with Crippen molar-refractivity contribution in [3.05, 3.63) is 97.9 Å². The molecular weight excluding hydrogens is 652 g/mol. The fourth-order valence-corrected chi connectivity index (χ4v) is 6.41. The molecule has 0 radical (unpaired) electrons. The van der Waals surface area contributed by atoms with Crippen molar-refractivity contribution in [3.63, 3.8) is 0 Å². The maximum atomic E-state index is 14.0. The lowest BCUT2D eigenvalue weighted by molar-refractivity contribution is -0.141. The molecule has 232 valence electrons. The summed E-state index contributed by atoms with van der Waals surface area (Å²) in [6.45, 7) is 4.36. The molecule has 7 nitrogen and oxygen atoms in total. The summed E-state index contributed by atoms with van der Waals surface area (Å²) in [6.07, 6.45) is 1.40. The monoisotopic (exact) mass is 685 g/mol. The topological polar surface area (TPSA) is 86.8 Å². The smallest absolute Gasteiger partial charge is 0.243 e. The molecule has 1 atom stereocenters. The molecule has 2 amide bonds. The standard InChI is InChI=1S/C31H35Cl4N3O4S/c1-21(2)19-36-31(40)29(17-22-9-5-4-6-10-22)37(20-24-25(33)11-7-12-26(24)34)30(39)13-8-16-38(43(3,41)42)28-18-23(32)14-15-27(28)35/h4-7,9-12,14-15,18,21,29H,8,13,16-17,19-20H2,1-3H3,(H,36,40). The molecule has 43 heavy (non-hydrogen) atoms. The number of amides is 2. The van der Waals surface area contributed by atoms with E-state index in [0.29, 0.717) is 27.2 Å². The number of anilines is 1. The summed E-state index contributed by atoms with van der Waals surface area (Å²) in [4.78, 5) is 29.1. The molecule has 3 aromatic carbocycles. The molecule has 0 spiro atoms. The number of nitrogens with zero attached hydrogens (tertiary/aromatic N) is 2. The highest BCUT2D eigenvalue weighted by Crippen LogP contribution is 2.31. The van der Waals surface area contributed by atoms with Gasteiger partial charge in [-0.05, 0) is 48.2 Å². The maximum Gasteiger partial charge on any atom is 0.243 e. The average molecular weight is 688 g/mol. The van der Waals surface area contributed by atoms with Crippen molar-refractivity contribution in [2.24, 2.45) is 5.92 Å². The first-order valence-corrected chi connectivity index (χ1v) is 17.1. The van der Waals surface area contributed by atoms with E-state index >= 15 is 0 Å². The molecule has 12 heteroatoms. The summed E-state index contributed by atoms with van der Waals surface area (Å²) in [5.41, 5.74) is 1.60. The Kier molecular flexibility index (Phi) is 13.0. The molecule has 0 aliphatic heterocycles. The minimum Gasteiger partial charge on any atom is -0.354 e. The van der Waals surface area contributed by atoms with Gasteiger partial charge in [0.2, 0.25) is 21.8 Å². The zero-order valence-corrected chi connectivity index (χ0v) is 28.0. The van der Waals surface area contributed by atoms with Gasteiger partial charge < -0.3 is 10.2 Å². The van der Waals surface area contributed by atoms with Gasteiger partial charge in [-0.15, -0.1) is 0 Å². The van der Waals surface area contributed by atoms with Crippen LogP contribution in [0.25, 0.3) is 0 Å². The van der Waals surface area contributed by atoms with Gasteiger partial charge in [0.1, 0.15) is 6.04 Å². The number of nitrogens with one attached hydrogen (secondary N) is 1. The van der Waals surface area contributed by atoms with Crippen LogP contribution in [-0.4, -0.2) is 50.5 Å². The second-order valence-corrected chi connectivity index (χ2v) is 14.2. The molecule has 1 N–H and O–H groups in total. The van der Waals surface area contributed by atoms with Crippen LogP contribution in [0.5, 0.6) is 0 Å². The Balaban J connectivity index is 1.94. The Morgan fingerprint density at radius 1 is 0.884 bits per heavy atom. The van der Waals surface area contributed by atoms with Gasteiger partial charge in [-0.1, -0.05) is 96.6 Å². The van der Waals surface area contributed by atoms with Gasteiger partial charge in [-0.25, -0.2) is 8.42 Å². The number of carbonyl (C=O) groups is 2. The van der Waals surface area contributed by atoms with Crippen molar-refractivity contribution < 1.29 is 18.0 Å². The van der Waals surface area contributed by atoms with E-state index in [9.17, 15) is 18.0 Å². The highest BCUT2D eigenvalue weighted by Gasteiger charge is 2.31. The highest BCUT2D eigenvalue weighted by atomic mass is 35.5. The number of carbonyl (C=O) groups excluding carboxylic acids is 2. The summed E-state index contributed by atoms with van der Waals surface area (Å²) >= 11 is 25.4. The van der Waals surface area contributed by atoms with E-state index in [0.717, 1.165) is 16.1 Å². The number of hydrogen-bond acceptors (Lipinski definition) is 4. The fourth-order valence-electron chi connectivity index (χ4n) is 4.49. The molecule has 0 bridgehead atoms. The van der Waals surface area contributed by atoms with Crippen molar-refractivity contribution in [2.45, 2.75) is 45.7 Å². The Bertz CT molecular complexity index is 1500. The van der Waals surface area contributed by atoms with E-state index in [4.69, 9.17) is 46.4 Å². The Morgan fingerprint density at radius 2 is 1.53 bits per heavy atom. The first-order valence-electron chi connectivity index (χ1n) is 13.7. The molecule has 0 saturated heterocycles. The van der Waals surface area contributed by atoms with Crippen LogP contribution < -0.4 is 9.62 Å². The number of sulfonamides is 1. The minimum absolute atomic E-state index is 0.0140. The first kappa shape index (κ1) is 35.0. The average Bonchev–Trinajstić information content (AvgIpc) is 2.94. The number of hydrogen-bond donors (Lipinski definition) is 1. The molecule has 0 aliphatic rings. The van der Waals surface area contributed by atoms with Crippen LogP contribution in [0.15, 0.2) is 66.7 Å². The van der Waals surface area contributed by atoms with Crippen molar-refractivity contribution in [2.75, 3.05) is 23.7 Å². The summed E-state index contributed by atoms with van der Waals surface area (Å²) in [5, 5.41) is 4.23. The predicted molar refractivity (Wildman–Crippen MR) is 177 cm³/mol. The van der Waals surface area contributed by atoms with Gasteiger partial charge in [0.25, 0.3) is 0 Å². The van der Waals surface area contributed by atoms with Crippen molar-refractivity contribution in [1.29, 1.82) is 0 Å². The molecule has 0 saturated carbocycles. The van der Waals surface area contributed by atoms with Gasteiger partial charge in [-0.2, -0.15) is 0 Å². The second-order valence-electron chi connectivity index (χ2n) is 10.6. The maximum absolute atomic E-state index is 14.0. The summed E-state index contributed by atoms with van der Waals surface area (Å²) in [7, 11) is -3.75. The van der Waals surface area contributed by atoms with E-state index in [1.54, 1.807) is 24.3 Å². The third-order valence-corrected chi connectivity index (χ3v) is 9.12. The SMILES string of the molecule is CC(C)CNC(=O)C(Cc1ccccc1)N(Cc1c(Cl)cccc1Cl)C(=O)CCCN(c1cc(Cl)ccc1Cl)S(C)(=O)=O. The first-order chi connectivity index (χ1) is 20.3. The fraction of sp³-hybridized carbons (Fsp3) is 0.355. The molecule has 0 aliphatic carbocycles. The Labute approximate surface area is 274 Å². The molecule has 0 fully saturated rings. The van der Waals surface area contributed by atoms with Gasteiger partial charge in [0.15, 0.2) is 0 Å². The van der Waals surface area contributed by atoms with Crippen molar-refractivity contribution in [1.82, 2.24) is 10.2 Å². The van der Waals surface area contributed by atoms with E-state index in [1.165, 1.54) is 17.0 Å². The van der Waals surface area contributed by atoms with Crippen LogP contribution in [0.3, 0.4) is 0 Å². The lowest BCUT2D eigenvalue weighted by Crippen LogP contribution is -2.51. The van der Waals surface area contributed by atoms with Crippen LogP contribution in [0.1, 0.15) is 37.8 Å². The molecule has 3 aromatic rings. The molecule has 1 unspecified atom stereocenters. The van der Waals surface area contributed by atoms with Crippen molar-refractivity contribution in [3.8, 4) is 0 Å². The quantitative estimate of drug-likeness (QED) is 0.193. The molecule has 3 rings (SSSR count). The van der Waals surface area contributed by atoms with E-state index < -0.39 is 16.1 Å². The number of halogens is 4. The molecule has 0 heterocycles. The summed E-state index contributed by atoms with van der Waals surface area (Å²) in [5.74, 6) is -0.469. The van der Waals surface area contributed by atoms with E-state index in [2.05, 4.69) is 5.32 Å². The van der Waals surface area contributed by atoms with Gasteiger partial charge in [0.05, 0.1) is 17.0 Å². The molecular formula is C31H35Cl4N3O4S. The summed E-state index contributed by atoms with van der Waals surface area (Å²) < 4.78 is 26.5. The predicted octanol–water partition coefficient (Wildman–Crippen LogP) is 7.26. The summed E-state index contributed by atoms with van der Waals surface area (Å²) in [6, 6.07) is 18.1. The zero-order chi connectivity index (χ0) is 31.7. The van der Waals surface area contributed by atoms with Crippen LogP contribution in [0.2, 0.25) is 20.1 Å². The van der Waals surface area contributed by atoms with Crippen LogP contribution >= 0.6 is 46.4 Å². The minimum atomic E-state index is -3.75. The van der Waals surface area contributed by atoms with E-state index in [-0.39, 0.29) is 60.8 Å². The Hall–Kier alpha value is -2.49. The molecule has 0 aromatic heterocycles. The zero-order valence-electron chi connectivity index (χ0n) is 24.2. The van der Waals surface area contributed by atoms with Crippen LogP contribution in [0, 0.1) is 5.92 Å². The third-order valence-electron chi connectivity index (χ3n) is 6.67. The number of rotatable bonds is 14. The van der Waals surface area contributed by atoms with Gasteiger partial charge in [0, 0.05) is 53.1 Å². The lowest BCUT2D eigenvalue weighted by Gasteiger charge is -2.32. The van der Waals surface area contributed by atoms with Crippen LogP contribution in [0.4, 0.5) is 5.69 Å². The Morgan fingerprint density at radius 3 is 2.14 bits per heavy atom. The van der Waals surface area contributed by atoms with Crippen molar-refractivity contribution >= 4 is 73.9 Å². The number of benzene rings is 3. The van der Waals surface area contributed by atoms with E-state index in [1.807, 2.05) is 44.2 Å². The largest absolute Gasteiger partial charge is 0.354 e. The third kappa shape index (κ3) is 10.3. The highest BCUT2D eigenvalue weighted by molar-refractivity contribution is 7.92. The van der Waals surface area contributed by atoms with Gasteiger partial charge in [-0.3, -0.25) is 13.9 Å². The van der Waals surface area contributed by atoms with Gasteiger partial charge >= 0.3 is 0 Å².